The van der Waals surface area contributed by atoms with Crippen LogP contribution in [-0.4, -0.2) is 32.3 Å². The highest BCUT2D eigenvalue weighted by Gasteiger charge is 2.44. The molecule has 1 aromatic carbocycles. The average Bonchev–Trinajstić information content (AvgIpc) is 2.52. The van der Waals surface area contributed by atoms with Crippen LogP contribution >= 0.6 is 0 Å². The van der Waals surface area contributed by atoms with Gasteiger partial charge in [0.05, 0.1) is 10.5 Å². The maximum atomic E-state index is 13.5. The van der Waals surface area contributed by atoms with Gasteiger partial charge in [-0.05, 0) is 43.9 Å². The molecular formula is C16H20F3N5O2S. The van der Waals surface area contributed by atoms with Crippen molar-refractivity contribution in [2.24, 2.45) is 21.5 Å². The van der Waals surface area contributed by atoms with Crippen LogP contribution in [-0.2, 0) is 16.0 Å². The molecule has 4 N–H and O–H groups in total. The first-order valence-electron chi connectivity index (χ1n) is 8.35. The van der Waals surface area contributed by atoms with E-state index in [9.17, 15) is 21.6 Å². The smallest absolute Gasteiger partial charge is 0.369 e. The third-order valence-corrected chi connectivity index (χ3v) is 5.93. The fourth-order valence-corrected chi connectivity index (χ4v) is 4.59. The van der Waals surface area contributed by atoms with Gasteiger partial charge >= 0.3 is 6.18 Å². The lowest BCUT2D eigenvalue weighted by Crippen LogP contribution is -2.58. The Labute approximate surface area is 154 Å². The third kappa shape index (κ3) is 3.60. The first-order chi connectivity index (χ1) is 12.4. The predicted molar refractivity (Wildman–Crippen MR) is 96.1 cm³/mol. The Morgan fingerprint density at radius 1 is 1.15 bits per heavy atom. The van der Waals surface area contributed by atoms with Crippen LogP contribution < -0.4 is 16.4 Å². The summed E-state index contributed by atoms with van der Waals surface area (Å²) >= 11 is 0. The van der Waals surface area contributed by atoms with Crippen LogP contribution in [0.5, 0.6) is 0 Å². The summed E-state index contributed by atoms with van der Waals surface area (Å²) in [5.41, 5.74) is 9.67. The zero-order chi connectivity index (χ0) is 20.0. The van der Waals surface area contributed by atoms with Crippen molar-refractivity contribution in [1.82, 2.24) is 0 Å². The normalized spacial score (nSPS) is 20.4. The van der Waals surface area contributed by atoms with Crippen molar-refractivity contribution in [2.75, 3.05) is 11.2 Å². The summed E-state index contributed by atoms with van der Waals surface area (Å²) < 4.78 is 64.2. The summed E-state index contributed by atoms with van der Waals surface area (Å²) in [6, 6.07) is 3.02. The minimum Gasteiger partial charge on any atom is -0.369 e. The lowest BCUT2D eigenvalue weighted by molar-refractivity contribution is -0.139. The van der Waals surface area contributed by atoms with Crippen LogP contribution in [0, 0.1) is 0 Å². The molecule has 0 atom stereocenters. The highest BCUT2D eigenvalue weighted by molar-refractivity contribution is 7.90. The molecule has 1 aliphatic heterocycles. The number of nitrogens with two attached hydrogens (primary N) is 2. The molecule has 1 aliphatic carbocycles. The molecule has 7 nitrogen and oxygen atoms in total. The van der Waals surface area contributed by atoms with E-state index in [2.05, 4.69) is 9.98 Å². The molecule has 148 valence electrons. The number of sulfone groups is 1. The molecule has 0 saturated heterocycles. The van der Waals surface area contributed by atoms with Crippen molar-refractivity contribution in [2.45, 2.75) is 48.8 Å². The number of hydrogen-bond donors (Lipinski definition) is 2. The van der Waals surface area contributed by atoms with Gasteiger partial charge in [0.2, 0.25) is 11.9 Å². The van der Waals surface area contributed by atoms with Crippen LogP contribution in [0.4, 0.5) is 18.9 Å². The SMILES string of the molecule is CS(=O)(=O)c1ccc(N2C(N)=NC(N)=NC23CCCCC3)cc1C(F)(F)F. The number of guanidine groups is 2. The number of alkyl halides is 3. The van der Waals surface area contributed by atoms with Gasteiger partial charge in [-0.2, -0.15) is 18.2 Å². The molecular weight excluding hydrogens is 383 g/mol. The summed E-state index contributed by atoms with van der Waals surface area (Å²) in [4.78, 5) is 8.95. The van der Waals surface area contributed by atoms with Crippen molar-refractivity contribution in [3.63, 3.8) is 0 Å². The van der Waals surface area contributed by atoms with Crippen molar-refractivity contribution >= 4 is 27.4 Å². The van der Waals surface area contributed by atoms with Gasteiger partial charge in [-0.3, -0.25) is 4.90 Å². The number of aliphatic imine (C=N–C) groups is 2. The molecule has 1 spiro atoms. The molecule has 0 radical (unpaired) electrons. The molecule has 11 heteroatoms. The highest BCUT2D eigenvalue weighted by atomic mass is 32.2. The molecule has 2 aliphatic rings. The number of benzene rings is 1. The van der Waals surface area contributed by atoms with Crippen LogP contribution in [0.3, 0.4) is 0 Å². The van der Waals surface area contributed by atoms with E-state index < -0.39 is 32.1 Å². The number of rotatable bonds is 2. The van der Waals surface area contributed by atoms with Gasteiger partial charge in [0.1, 0.15) is 5.66 Å². The largest absolute Gasteiger partial charge is 0.417 e. The topological polar surface area (TPSA) is 114 Å². The first-order valence-corrected chi connectivity index (χ1v) is 10.2. The van der Waals surface area contributed by atoms with Crippen molar-refractivity contribution in [1.29, 1.82) is 0 Å². The van der Waals surface area contributed by atoms with Gasteiger partial charge in [-0.1, -0.05) is 6.42 Å². The van der Waals surface area contributed by atoms with Gasteiger partial charge in [0.25, 0.3) is 0 Å². The first kappa shape index (κ1) is 19.5. The van der Waals surface area contributed by atoms with Gasteiger partial charge in [0, 0.05) is 11.9 Å². The fraction of sp³-hybridized carbons (Fsp3) is 0.500. The second kappa shape index (κ2) is 6.39. The van der Waals surface area contributed by atoms with Gasteiger partial charge in [0.15, 0.2) is 9.84 Å². The van der Waals surface area contributed by atoms with Crippen LogP contribution in [0.2, 0.25) is 0 Å². The maximum absolute atomic E-state index is 13.5. The van der Waals surface area contributed by atoms with E-state index in [-0.39, 0.29) is 17.6 Å². The Hall–Kier alpha value is -2.30. The number of anilines is 1. The van der Waals surface area contributed by atoms with Gasteiger partial charge in [-0.25, -0.2) is 13.4 Å². The second-order valence-corrected chi connectivity index (χ2v) is 8.75. The zero-order valence-corrected chi connectivity index (χ0v) is 15.4. The van der Waals surface area contributed by atoms with Crippen LogP contribution in [0.1, 0.15) is 37.7 Å². The van der Waals surface area contributed by atoms with Gasteiger partial charge < -0.3 is 11.5 Å². The van der Waals surface area contributed by atoms with Crippen LogP contribution in [0.25, 0.3) is 0 Å². The predicted octanol–water partition coefficient (Wildman–Crippen LogP) is 2.22. The second-order valence-electron chi connectivity index (χ2n) is 6.77. The summed E-state index contributed by atoms with van der Waals surface area (Å²) in [6.07, 6.45) is -0.400. The van der Waals surface area contributed by atoms with E-state index in [1.54, 1.807) is 0 Å². The monoisotopic (exact) mass is 403 g/mol. The van der Waals surface area contributed by atoms with Crippen molar-refractivity contribution in [3.05, 3.63) is 23.8 Å². The number of halogens is 3. The standard InChI is InChI=1S/C16H20F3N5O2S/c1-27(25,26)12-6-5-10(9-11(12)16(17,18)19)24-14(21)22-13(20)23-15(24)7-3-2-4-8-15/h5-6,9H,2-4,7-8H2,1H3,(H4,20,21,22,23). The molecule has 1 aromatic rings. The summed E-state index contributed by atoms with van der Waals surface area (Å²) in [5.74, 6) is -0.0842. The Morgan fingerprint density at radius 2 is 1.78 bits per heavy atom. The molecule has 0 aromatic heterocycles. The van der Waals surface area contributed by atoms with Crippen molar-refractivity contribution < 1.29 is 21.6 Å². The molecule has 0 amide bonds. The highest BCUT2D eigenvalue weighted by Crippen LogP contribution is 2.42. The molecule has 0 bridgehead atoms. The van der Waals surface area contributed by atoms with E-state index in [0.717, 1.165) is 37.7 Å². The minimum absolute atomic E-state index is 0.0190. The molecule has 1 heterocycles. The summed E-state index contributed by atoms with van der Waals surface area (Å²) in [6.45, 7) is 0. The van der Waals surface area contributed by atoms with Gasteiger partial charge in [-0.15, -0.1) is 0 Å². The average molecular weight is 403 g/mol. The Morgan fingerprint density at radius 3 is 2.33 bits per heavy atom. The molecule has 0 unspecified atom stereocenters. The van der Waals surface area contributed by atoms with Crippen molar-refractivity contribution in [3.8, 4) is 0 Å². The molecule has 1 saturated carbocycles. The van der Waals surface area contributed by atoms with E-state index in [1.165, 1.54) is 11.0 Å². The van der Waals surface area contributed by atoms with Crippen LogP contribution in [0.15, 0.2) is 33.1 Å². The molecule has 1 fully saturated rings. The zero-order valence-electron chi connectivity index (χ0n) is 14.6. The summed E-state index contributed by atoms with van der Waals surface area (Å²) in [5, 5.41) is 0. The number of hydrogen-bond acceptors (Lipinski definition) is 7. The minimum atomic E-state index is -4.85. The quantitative estimate of drug-likeness (QED) is 0.786. The lowest BCUT2D eigenvalue weighted by atomic mass is 9.87. The maximum Gasteiger partial charge on any atom is 0.417 e. The third-order valence-electron chi connectivity index (χ3n) is 4.78. The Bertz CT molecular complexity index is 918. The van der Waals surface area contributed by atoms with E-state index in [1.807, 2.05) is 0 Å². The lowest BCUT2D eigenvalue weighted by Gasteiger charge is -2.45. The molecule has 3 rings (SSSR count). The Balaban J connectivity index is 2.18. The van der Waals surface area contributed by atoms with E-state index in [0.29, 0.717) is 12.8 Å². The summed E-state index contributed by atoms with van der Waals surface area (Å²) in [7, 11) is -4.07. The van der Waals surface area contributed by atoms with E-state index in [4.69, 9.17) is 11.5 Å². The molecule has 27 heavy (non-hydrogen) atoms. The Kier molecular flexibility index (Phi) is 4.61. The van der Waals surface area contributed by atoms with E-state index >= 15 is 0 Å². The fourth-order valence-electron chi connectivity index (χ4n) is 3.70. The number of nitrogens with zero attached hydrogens (tertiary/aromatic N) is 3.